The van der Waals surface area contributed by atoms with Crippen molar-refractivity contribution in [3.8, 4) is 0 Å². The van der Waals surface area contributed by atoms with Crippen LogP contribution in [0, 0.1) is 0 Å². The van der Waals surface area contributed by atoms with Crippen molar-refractivity contribution in [1.29, 1.82) is 0 Å². The molecule has 0 aromatic rings. The van der Waals surface area contributed by atoms with Gasteiger partial charge in [-0.05, 0) is 70.6 Å². The van der Waals surface area contributed by atoms with Gasteiger partial charge >= 0.3 is 0 Å². The molecule has 3 atom stereocenters. The Balaban J connectivity index is 3.50. The molecule has 0 aliphatic heterocycles. The van der Waals surface area contributed by atoms with E-state index in [4.69, 9.17) is 0 Å². The molecule has 0 fully saturated rings. The Bertz CT molecular complexity index is 1110. The fourth-order valence-corrected chi connectivity index (χ4v) is 9.61. The first-order chi connectivity index (χ1) is 34.0. The number of rotatable bonds is 57. The molecule has 4 N–H and O–H groups in total. The van der Waals surface area contributed by atoms with Crippen LogP contribution in [-0.2, 0) is 4.79 Å². The third kappa shape index (κ3) is 55.5. The van der Waals surface area contributed by atoms with E-state index < -0.39 is 18.2 Å². The average molecular weight is 969 g/mol. The summed E-state index contributed by atoms with van der Waals surface area (Å²) >= 11 is 0. The van der Waals surface area contributed by atoms with Gasteiger partial charge in [-0.3, -0.25) is 4.79 Å². The first kappa shape index (κ1) is 67.3. The molecule has 406 valence electrons. The first-order valence-electron chi connectivity index (χ1n) is 30.9. The van der Waals surface area contributed by atoms with Gasteiger partial charge in [0, 0.05) is 0 Å². The highest BCUT2D eigenvalue weighted by Crippen LogP contribution is 2.18. The molecule has 0 aromatic heterocycles. The molecular formula is C64H121NO4. The quantitative estimate of drug-likeness (QED) is 0.0361. The molecule has 1 amide bonds. The molecule has 0 radical (unpaired) electrons. The van der Waals surface area contributed by atoms with Crippen molar-refractivity contribution in [2.75, 3.05) is 6.61 Å². The normalized spacial score (nSPS) is 13.5. The van der Waals surface area contributed by atoms with Crippen LogP contribution in [0.3, 0.4) is 0 Å². The van der Waals surface area contributed by atoms with Crippen molar-refractivity contribution in [2.45, 2.75) is 347 Å². The van der Waals surface area contributed by atoms with E-state index >= 15 is 0 Å². The van der Waals surface area contributed by atoms with Crippen LogP contribution < -0.4 is 5.32 Å². The Morgan fingerprint density at radius 3 is 0.928 bits per heavy atom. The Morgan fingerprint density at radius 1 is 0.362 bits per heavy atom. The molecular weight excluding hydrogens is 847 g/mol. The fourth-order valence-electron chi connectivity index (χ4n) is 9.61. The zero-order valence-electron chi connectivity index (χ0n) is 46.5. The first-order valence-corrected chi connectivity index (χ1v) is 30.9. The van der Waals surface area contributed by atoms with Crippen LogP contribution in [0.15, 0.2) is 48.6 Å². The monoisotopic (exact) mass is 968 g/mol. The third-order valence-corrected chi connectivity index (χ3v) is 14.3. The molecule has 69 heavy (non-hydrogen) atoms. The summed E-state index contributed by atoms with van der Waals surface area (Å²) in [6.07, 6.45) is 79.1. The number of allylic oxidation sites excluding steroid dienone is 7. The van der Waals surface area contributed by atoms with Gasteiger partial charge in [-0.25, -0.2) is 0 Å². The standard InChI is InChI=1S/C64H121NO4/c1-3-5-7-9-11-13-15-17-19-21-22-23-24-25-26-27-28-29-30-31-32-33-34-35-36-37-38-39-40-42-43-45-47-49-51-53-55-57-61(67)59-64(69)65-62(60-66)63(68)58-56-54-52-50-48-46-44-41-20-18-16-14-12-10-8-6-4-2/h20,31-32,41,48,50,56,58,61-63,66-68H,3-19,21-30,33-40,42-47,49,51-55,57,59-60H2,1-2H3,(H,65,69)/b32-31-,41-20+,50-48+,58-56+. The van der Waals surface area contributed by atoms with Crippen LogP contribution in [0.25, 0.3) is 0 Å². The third-order valence-electron chi connectivity index (χ3n) is 14.3. The van der Waals surface area contributed by atoms with Gasteiger partial charge in [0.15, 0.2) is 0 Å². The molecule has 3 unspecified atom stereocenters. The van der Waals surface area contributed by atoms with Crippen molar-refractivity contribution < 1.29 is 20.1 Å². The lowest BCUT2D eigenvalue weighted by Gasteiger charge is -2.21. The van der Waals surface area contributed by atoms with Crippen LogP contribution >= 0.6 is 0 Å². The van der Waals surface area contributed by atoms with Gasteiger partial charge in [0.2, 0.25) is 5.91 Å². The van der Waals surface area contributed by atoms with Gasteiger partial charge in [0.25, 0.3) is 0 Å². The fraction of sp³-hybridized carbons (Fsp3) is 0.859. The summed E-state index contributed by atoms with van der Waals surface area (Å²) in [7, 11) is 0. The number of aliphatic hydroxyl groups excluding tert-OH is 3. The van der Waals surface area contributed by atoms with E-state index in [1.807, 2.05) is 6.08 Å². The van der Waals surface area contributed by atoms with Gasteiger partial charge in [-0.15, -0.1) is 0 Å². The molecule has 0 aromatic carbocycles. The number of amides is 1. The molecule has 0 saturated heterocycles. The number of unbranched alkanes of at least 4 members (excludes halogenated alkanes) is 42. The number of carbonyl (C=O) groups excluding carboxylic acids is 1. The number of hydrogen-bond acceptors (Lipinski definition) is 4. The summed E-state index contributed by atoms with van der Waals surface area (Å²) in [6, 6.07) is -0.768. The lowest BCUT2D eigenvalue weighted by Crippen LogP contribution is -2.45. The molecule has 0 aliphatic carbocycles. The molecule has 0 saturated carbocycles. The van der Waals surface area contributed by atoms with E-state index in [0.717, 1.165) is 38.5 Å². The van der Waals surface area contributed by atoms with Crippen molar-refractivity contribution in [3.63, 3.8) is 0 Å². The summed E-state index contributed by atoms with van der Waals surface area (Å²) in [5, 5.41) is 33.4. The van der Waals surface area contributed by atoms with E-state index in [0.29, 0.717) is 6.42 Å². The van der Waals surface area contributed by atoms with Crippen LogP contribution in [0.1, 0.15) is 328 Å². The van der Waals surface area contributed by atoms with Crippen LogP contribution in [0.4, 0.5) is 0 Å². The topological polar surface area (TPSA) is 89.8 Å². The molecule has 0 aliphatic rings. The SMILES string of the molecule is CCCCCCCCC/C=C/CC/C=C/CC/C=C/C(O)C(CO)NC(=O)CC(O)CCCCCCCCCCCCCCCCC/C=C\CCCCCCCCCCCCCCCCCCCC. The highest BCUT2D eigenvalue weighted by Gasteiger charge is 2.20. The predicted octanol–water partition coefficient (Wildman–Crippen LogP) is 19.6. The van der Waals surface area contributed by atoms with Gasteiger partial charge in [-0.1, -0.05) is 300 Å². The van der Waals surface area contributed by atoms with Crippen molar-refractivity contribution in [3.05, 3.63) is 48.6 Å². The number of carbonyl (C=O) groups is 1. The molecule has 5 heteroatoms. The van der Waals surface area contributed by atoms with Crippen LogP contribution in [0.2, 0.25) is 0 Å². The van der Waals surface area contributed by atoms with Crippen LogP contribution in [-0.4, -0.2) is 46.1 Å². The Kier molecular flexibility index (Phi) is 57.4. The molecule has 5 nitrogen and oxygen atoms in total. The second-order valence-electron chi connectivity index (χ2n) is 21.3. The Morgan fingerprint density at radius 2 is 0.623 bits per heavy atom. The number of hydrogen-bond donors (Lipinski definition) is 4. The molecule has 0 bridgehead atoms. The van der Waals surface area contributed by atoms with Crippen molar-refractivity contribution in [2.24, 2.45) is 0 Å². The van der Waals surface area contributed by atoms with Crippen LogP contribution in [0.5, 0.6) is 0 Å². The average Bonchev–Trinajstić information content (AvgIpc) is 3.35. The van der Waals surface area contributed by atoms with E-state index in [1.165, 1.54) is 263 Å². The number of nitrogens with one attached hydrogen (secondary N) is 1. The summed E-state index contributed by atoms with van der Waals surface area (Å²) in [5.41, 5.74) is 0. The minimum Gasteiger partial charge on any atom is -0.394 e. The van der Waals surface area contributed by atoms with E-state index in [9.17, 15) is 20.1 Å². The zero-order valence-corrected chi connectivity index (χ0v) is 46.5. The second-order valence-corrected chi connectivity index (χ2v) is 21.3. The summed E-state index contributed by atoms with van der Waals surface area (Å²) < 4.78 is 0. The Hall–Kier alpha value is -1.69. The molecule has 0 rings (SSSR count). The smallest absolute Gasteiger partial charge is 0.222 e. The lowest BCUT2D eigenvalue weighted by atomic mass is 10.0. The molecule has 0 heterocycles. The summed E-state index contributed by atoms with van der Waals surface area (Å²) in [6.45, 7) is 4.22. The highest BCUT2D eigenvalue weighted by atomic mass is 16.3. The highest BCUT2D eigenvalue weighted by molar-refractivity contribution is 5.76. The Labute approximate surface area is 431 Å². The minimum absolute atomic E-state index is 0.00331. The lowest BCUT2D eigenvalue weighted by molar-refractivity contribution is -0.124. The van der Waals surface area contributed by atoms with E-state index in [2.05, 4.69) is 55.6 Å². The van der Waals surface area contributed by atoms with Crippen molar-refractivity contribution in [1.82, 2.24) is 5.32 Å². The van der Waals surface area contributed by atoms with Crippen molar-refractivity contribution >= 4 is 5.91 Å². The van der Waals surface area contributed by atoms with Gasteiger partial charge < -0.3 is 20.6 Å². The van der Waals surface area contributed by atoms with Gasteiger partial charge in [-0.2, -0.15) is 0 Å². The zero-order chi connectivity index (χ0) is 50.0. The van der Waals surface area contributed by atoms with Gasteiger partial charge in [0.05, 0.1) is 31.3 Å². The summed E-state index contributed by atoms with van der Waals surface area (Å²) in [5.74, 6) is -0.326. The predicted molar refractivity (Wildman–Crippen MR) is 305 cm³/mol. The van der Waals surface area contributed by atoms with E-state index in [-0.39, 0.29) is 18.9 Å². The number of aliphatic hydroxyl groups is 3. The van der Waals surface area contributed by atoms with E-state index in [1.54, 1.807) is 6.08 Å². The van der Waals surface area contributed by atoms with Gasteiger partial charge in [0.1, 0.15) is 0 Å². The minimum atomic E-state index is -0.961. The summed E-state index contributed by atoms with van der Waals surface area (Å²) in [4.78, 5) is 12.5. The maximum atomic E-state index is 12.5. The maximum absolute atomic E-state index is 12.5. The maximum Gasteiger partial charge on any atom is 0.222 e. The largest absolute Gasteiger partial charge is 0.394 e. The second kappa shape index (κ2) is 58.9. The molecule has 0 spiro atoms.